The highest BCUT2D eigenvalue weighted by molar-refractivity contribution is 8.93. The molecule has 0 bridgehead atoms. The maximum absolute atomic E-state index is 11.3. The van der Waals surface area contributed by atoms with Crippen LogP contribution in [0.25, 0.3) is 20.8 Å². The van der Waals surface area contributed by atoms with Gasteiger partial charge in [0, 0.05) is 17.2 Å². The highest BCUT2D eigenvalue weighted by atomic mass is 79.9. The van der Waals surface area contributed by atoms with Crippen molar-refractivity contribution in [2.24, 2.45) is 0 Å². The summed E-state index contributed by atoms with van der Waals surface area (Å²) in [5.41, 5.74) is 2.92. The molecule has 2 aliphatic rings. The molecule has 1 aliphatic carbocycles. The van der Waals surface area contributed by atoms with Crippen LogP contribution in [0.4, 0.5) is 0 Å². The summed E-state index contributed by atoms with van der Waals surface area (Å²) in [5, 5.41) is 12.3. The van der Waals surface area contributed by atoms with Gasteiger partial charge in [-0.25, -0.2) is 4.98 Å². The molecule has 1 aliphatic heterocycles. The van der Waals surface area contributed by atoms with Gasteiger partial charge in [0.15, 0.2) is 0 Å². The minimum absolute atomic E-state index is 0. The maximum Gasteiger partial charge on any atom is 0.205 e. The normalized spacial score (nSPS) is 27.9. The first kappa shape index (κ1) is 20.0. The molecule has 3 aromatic rings. The fraction of sp³-hybridized carbons (Fsp3) is 0.409. The lowest BCUT2D eigenvalue weighted by atomic mass is 9.88. The summed E-state index contributed by atoms with van der Waals surface area (Å²) in [7, 11) is 2.10. The van der Waals surface area contributed by atoms with E-state index in [1.54, 1.807) is 11.3 Å². The number of hydrogen-bond donors (Lipinski definition) is 1. The molecular formula is C22H25BrN2O2S. The summed E-state index contributed by atoms with van der Waals surface area (Å²) in [5.74, 6) is -1.24. The Morgan fingerprint density at radius 1 is 1.11 bits per heavy atom. The van der Waals surface area contributed by atoms with E-state index >= 15 is 0 Å². The molecule has 1 saturated heterocycles. The van der Waals surface area contributed by atoms with E-state index in [1.165, 1.54) is 17.5 Å². The Hall–Kier alpha value is -1.31. The topological polar surface area (TPSA) is 45.6 Å². The molecule has 28 heavy (non-hydrogen) atoms. The van der Waals surface area contributed by atoms with E-state index in [4.69, 9.17) is 9.72 Å². The quantitative estimate of drug-likeness (QED) is 0.586. The van der Waals surface area contributed by atoms with Gasteiger partial charge in [-0.15, -0.1) is 28.3 Å². The molecule has 3 atom stereocenters. The Labute approximate surface area is 179 Å². The van der Waals surface area contributed by atoms with Gasteiger partial charge >= 0.3 is 0 Å². The van der Waals surface area contributed by atoms with Crippen LogP contribution in [0.1, 0.15) is 31.2 Å². The van der Waals surface area contributed by atoms with Crippen molar-refractivity contribution < 1.29 is 9.84 Å². The van der Waals surface area contributed by atoms with Crippen molar-refractivity contribution in [1.29, 1.82) is 0 Å². The predicted octanol–water partition coefficient (Wildman–Crippen LogP) is 4.96. The van der Waals surface area contributed by atoms with Crippen molar-refractivity contribution in [2.45, 2.75) is 43.6 Å². The Morgan fingerprint density at radius 3 is 2.64 bits per heavy atom. The first-order chi connectivity index (χ1) is 13.1. The smallest absolute Gasteiger partial charge is 0.205 e. The number of aromatic nitrogens is 1. The second kappa shape index (κ2) is 7.84. The molecule has 2 heterocycles. The van der Waals surface area contributed by atoms with Crippen LogP contribution in [-0.2, 0) is 10.5 Å². The number of likely N-dealkylation sites (N-methyl/N-ethyl adjacent to an activating group) is 1. The van der Waals surface area contributed by atoms with Crippen LogP contribution < -0.4 is 0 Å². The van der Waals surface area contributed by atoms with E-state index in [9.17, 15) is 5.11 Å². The molecule has 5 rings (SSSR count). The lowest BCUT2D eigenvalue weighted by molar-refractivity contribution is -0.293. The number of thiazole rings is 1. The van der Waals surface area contributed by atoms with Crippen molar-refractivity contribution in [3.8, 4) is 10.6 Å². The van der Waals surface area contributed by atoms with E-state index in [-0.39, 0.29) is 23.1 Å². The average Bonchev–Trinajstić information content (AvgIpc) is 3.12. The Kier molecular flexibility index (Phi) is 5.60. The molecule has 2 fully saturated rings. The van der Waals surface area contributed by atoms with E-state index in [2.05, 4.69) is 18.0 Å². The van der Waals surface area contributed by atoms with Crippen LogP contribution in [0.2, 0.25) is 0 Å². The first-order valence-corrected chi connectivity index (χ1v) is 10.5. The van der Waals surface area contributed by atoms with E-state index < -0.39 is 5.79 Å². The number of benzene rings is 2. The summed E-state index contributed by atoms with van der Waals surface area (Å²) < 4.78 is 7.42. The molecule has 2 aromatic carbocycles. The fourth-order valence-electron chi connectivity index (χ4n) is 4.49. The molecule has 1 saturated carbocycles. The zero-order valence-corrected chi connectivity index (χ0v) is 18.4. The van der Waals surface area contributed by atoms with Gasteiger partial charge < -0.3 is 9.84 Å². The number of aliphatic hydroxyl groups is 1. The van der Waals surface area contributed by atoms with Crippen LogP contribution >= 0.6 is 28.3 Å². The van der Waals surface area contributed by atoms with Crippen molar-refractivity contribution in [3.63, 3.8) is 0 Å². The van der Waals surface area contributed by atoms with Crippen molar-refractivity contribution in [3.05, 3.63) is 54.1 Å². The zero-order valence-electron chi connectivity index (χ0n) is 15.9. The number of nitrogens with zero attached hydrogens (tertiary/aromatic N) is 2. The second-order valence-electron chi connectivity index (χ2n) is 7.77. The van der Waals surface area contributed by atoms with Gasteiger partial charge in [0.05, 0.1) is 22.9 Å². The molecular weight excluding hydrogens is 436 g/mol. The monoisotopic (exact) mass is 460 g/mol. The number of ether oxygens (including phenoxy) is 1. The third-order valence-electron chi connectivity index (χ3n) is 5.92. The number of para-hydroxylation sites is 1. The lowest BCUT2D eigenvalue weighted by Gasteiger charge is -2.49. The minimum atomic E-state index is -1.24. The van der Waals surface area contributed by atoms with Crippen LogP contribution in [0.15, 0.2) is 48.5 Å². The summed E-state index contributed by atoms with van der Waals surface area (Å²) in [6, 6.07) is 16.7. The Bertz CT molecular complexity index is 928. The van der Waals surface area contributed by atoms with Gasteiger partial charge in [0.2, 0.25) is 5.79 Å². The summed E-state index contributed by atoms with van der Waals surface area (Å²) in [6.07, 6.45) is 4.74. The summed E-state index contributed by atoms with van der Waals surface area (Å²) in [4.78, 5) is 7.00. The number of hydrogen-bond acceptors (Lipinski definition) is 5. The van der Waals surface area contributed by atoms with Gasteiger partial charge in [-0.05, 0) is 32.0 Å². The Balaban J connectivity index is 0.00000192. The lowest BCUT2D eigenvalue weighted by Crippen LogP contribution is -2.58. The number of halogens is 1. The Morgan fingerprint density at radius 2 is 1.86 bits per heavy atom. The summed E-state index contributed by atoms with van der Waals surface area (Å²) >= 11 is 1.69. The molecule has 0 spiro atoms. The molecule has 148 valence electrons. The minimum Gasteiger partial charge on any atom is -0.361 e. The molecule has 0 radical (unpaired) electrons. The maximum atomic E-state index is 11.3. The van der Waals surface area contributed by atoms with Crippen LogP contribution in [0.3, 0.4) is 0 Å². The molecule has 6 heteroatoms. The number of rotatable bonds is 2. The second-order valence-corrected chi connectivity index (χ2v) is 8.80. The third kappa shape index (κ3) is 3.53. The highest BCUT2D eigenvalue weighted by Gasteiger charge is 2.45. The first-order valence-electron chi connectivity index (χ1n) is 9.69. The average molecular weight is 461 g/mol. The largest absolute Gasteiger partial charge is 0.361 e. The van der Waals surface area contributed by atoms with Crippen LogP contribution in [-0.4, -0.2) is 40.7 Å². The van der Waals surface area contributed by atoms with Gasteiger partial charge in [-0.2, -0.15) is 0 Å². The molecule has 3 unspecified atom stereocenters. The summed E-state index contributed by atoms with van der Waals surface area (Å²) in [6.45, 7) is 0.509. The van der Waals surface area contributed by atoms with Gasteiger partial charge in [0.1, 0.15) is 5.01 Å². The molecule has 4 nitrogen and oxygen atoms in total. The van der Waals surface area contributed by atoms with E-state index in [1.807, 2.05) is 42.5 Å². The van der Waals surface area contributed by atoms with Crippen LogP contribution in [0, 0.1) is 0 Å². The van der Waals surface area contributed by atoms with Gasteiger partial charge in [-0.1, -0.05) is 49.2 Å². The van der Waals surface area contributed by atoms with Crippen molar-refractivity contribution in [1.82, 2.24) is 9.88 Å². The van der Waals surface area contributed by atoms with E-state index in [0.29, 0.717) is 12.6 Å². The van der Waals surface area contributed by atoms with Crippen molar-refractivity contribution >= 4 is 38.5 Å². The predicted molar refractivity (Wildman–Crippen MR) is 119 cm³/mol. The highest BCUT2D eigenvalue weighted by Crippen LogP contribution is 2.38. The standard InChI is InChI=1S/C22H24N2O2S.BrH/c1-24-14-22(25,26-19-8-4-3-7-18(19)24)16-12-10-15(11-13-16)21-23-17-6-2-5-9-20(17)27-21;/h2,5-6,9-13,18-19,25H,3-4,7-8,14H2,1H3;1H. The van der Waals surface area contributed by atoms with Crippen LogP contribution in [0.5, 0.6) is 0 Å². The number of β-amino-alcohol motifs (C(OH)–C–C–N with tert-alkyl or cyclic N) is 1. The molecule has 1 N–H and O–H groups in total. The zero-order chi connectivity index (χ0) is 18.4. The fourth-order valence-corrected chi connectivity index (χ4v) is 5.46. The molecule has 0 amide bonds. The van der Waals surface area contributed by atoms with Gasteiger partial charge in [0.25, 0.3) is 0 Å². The third-order valence-corrected chi connectivity index (χ3v) is 7.01. The van der Waals surface area contributed by atoms with E-state index in [0.717, 1.165) is 34.5 Å². The van der Waals surface area contributed by atoms with Gasteiger partial charge in [-0.3, -0.25) is 4.90 Å². The SMILES string of the molecule is Br.CN1CC(O)(c2ccc(-c3nc4ccccc4s3)cc2)OC2CCCCC21. The number of morpholine rings is 1. The van der Waals surface area contributed by atoms with Crippen molar-refractivity contribution in [2.75, 3.05) is 13.6 Å². The molecule has 1 aromatic heterocycles. The number of fused-ring (bicyclic) bond motifs is 2.